The van der Waals surface area contributed by atoms with Crippen molar-refractivity contribution in [2.45, 2.75) is 0 Å². The molecule has 1 fully saturated rings. The van der Waals surface area contributed by atoms with E-state index in [-0.39, 0.29) is 4.91 Å². The first-order valence-electron chi connectivity index (χ1n) is 6.16. The summed E-state index contributed by atoms with van der Waals surface area (Å²) in [4.78, 5) is 22.9. The number of hydrogen-bond acceptors (Lipinski definition) is 7. The lowest BCUT2D eigenvalue weighted by molar-refractivity contribution is -0.135. The van der Waals surface area contributed by atoms with Crippen molar-refractivity contribution in [3.8, 4) is 5.75 Å². The molecule has 1 saturated heterocycles. The van der Waals surface area contributed by atoms with Crippen molar-refractivity contribution in [2.75, 3.05) is 14.2 Å². The Balaban J connectivity index is 2.05. The van der Waals surface area contributed by atoms with Crippen LogP contribution in [0.15, 0.2) is 45.4 Å². The minimum absolute atomic E-state index is 0.210. The molecule has 8 heteroatoms. The molecule has 1 aliphatic rings. The molecule has 0 saturated carbocycles. The van der Waals surface area contributed by atoms with Gasteiger partial charge in [-0.3, -0.25) is 10.1 Å². The van der Waals surface area contributed by atoms with Crippen molar-refractivity contribution >= 4 is 35.0 Å². The topological polar surface area (TPSA) is 89.3 Å². The molecule has 114 valence electrons. The molecular formula is C14H13N3O4S. The molecule has 0 unspecified atom stereocenters. The first-order chi connectivity index (χ1) is 10.6. The van der Waals surface area contributed by atoms with E-state index in [4.69, 9.17) is 4.74 Å². The SMILES string of the molecule is COC(=O)/C=C1\S/C(=N/N=C/c2cccc(OC)c2)NC1=O. The van der Waals surface area contributed by atoms with Crippen LogP contribution in [-0.2, 0) is 14.3 Å². The lowest BCUT2D eigenvalue weighted by Crippen LogP contribution is -2.19. The first-order valence-corrected chi connectivity index (χ1v) is 6.98. The molecule has 1 aromatic carbocycles. The summed E-state index contributed by atoms with van der Waals surface area (Å²) < 4.78 is 9.57. The van der Waals surface area contributed by atoms with Crippen molar-refractivity contribution in [1.29, 1.82) is 0 Å². The Kier molecular flexibility index (Phi) is 5.31. The van der Waals surface area contributed by atoms with Gasteiger partial charge in [-0.2, -0.15) is 5.10 Å². The van der Waals surface area contributed by atoms with Crippen LogP contribution in [0.25, 0.3) is 0 Å². The minimum atomic E-state index is -0.598. The van der Waals surface area contributed by atoms with Crippen LogP contribution in [0.4, 0.5) is 0 Å². The zero-order valence-corrected chi connectivity index (χ0v) is 12.7. The van der Waals surface area contributed by atoms with Crippen molar-refractivity contribution in [3.05, 3.63) is 40.8 Å². The van der Waals surface area contributed by atoms with Crippen LogP contribution in [0.2, 0.25) is 0 Å². The van der Waals surface area contributed by atoms with Crippen molar-refractivity contribution in [1.82, 2.24) is 5.32 Å². The molecule has 0 bridgehead atoms. The third-order valence-electron chi connectivity index (χ3n) is 2.55. The number of thioether (sulfide) groups is 1. The maximum Gasteiger partial charge on any atom is 0.331 e. The van der Waals surface area contributed by atoms with Gasteiger partial charge >= 0.3 is 5.97 Å². The Morgan fingerprint density at radius 3 is 2.91 bits per heavy atom. The number of hydrogen-bond donors (Lipinski definition) is 1. The predicted octanol–water partition coefficient (Wildman–Crippen LogP) is 1.30. The molecule has 0 aromatic heterocycles. The van der Waals surface area contributed by atoms with Gasteiger partial charge in [0.15, 0.2) is 5.17 Å². The van der Waals surface area contributed by atoms with Gasteiger partial charge in [0.05, 0.1) is 25.3 Å². The van der Waals surface area contributed by atoms with E-state index < -0.39 is 11.9 Å². The van der Waals surface area contributed by atoms with Crippen molar-refractivity contribution in [2.24, 2.45) is 10.2 Å². The molecule has 0 spiro atoms. The Morgan fingerprint density at radius 2 is 2.18 bits per heavy atom. The van der Waals surface area contributed by atoms with Crippen LogP contribution in [0, 0.1) is 0 Å². The smallest absolute Gasteiger partial charge is 0.331 e. The summed E-state index contributed by atoms with van der Waals surface area (Å²) in [5, 5.41) is 10.6. The number of methoxy groups -OCH3 is 2. The molecule has 0 aliphatic carbocycles. The third-order valence-corrected chi connectivity index (χ3v) is 3.45. The highest BCUT2D eigenvalue weighted by atomic mass is 32.2. The standard InChI is InChI=1S/C14H13N3O4S/c1-20-10-5-3-4-9(6-10)8-15-17-14-16-13(19)11(22-14)7-12(18)21-2/h3-8H,1-2H3,(H,16,17,19)/b11-7-,15-8+. The number of carbonyl (C=O) groups is 2. The normalized spacial score (nSPS) is 18.0. The lowest BCUT2D eigenvalue weighted by Gasteiger charge is -1.98. The fraction of sp³-hybridized carbons (Fsp3) is 0.143. The third kappa shape index (κ3) is 4.19. The summed E-state index contributed by atoms with van der Waals surface area (Å²) in [6.45, 7) is 0. The molecule has 1 N–H and O–H groups in total. The number of benzene rings is 1. The van der Waals surface area contributed by atoms with E-state index >= 15 is 0 Å². The number of amides is 1. The largest absolute Gasteiger partial charge is 0.497 e. The Morgan fingerprint density at radius 1 is 1.36 bits per heavy atom. The van der Waals surface area contributed by atoms with Gasteiger partial charge in [-0.1, -0.05) is 12.1 Å². The number of ether oxygens (including phenoxy) is 2. The second kappa shape index (κ2) is 7.41. The highest BCUT2D eigenvalue weighted by molar-refractivity contribution is 8.18. The Bertz CT molecular complexity index is 682. The highest BCUT2D eigenvalue weighted by Crippen LogP contribution is 2.23. The molecule has 1 heterocycles. The van der Waals surface area contributed by atoms with Gasteiger partial charge in [-0.25, -0.2) is 4.79 Å². The fourth-order valence-corrected chi connectivity index (χ4v) is 2.25. The number of nitrogens with one attached hydrogen (secondary N) is 1. The second-order valence-electron chi connectivity index (χ2n) is 4.01. The average molecular weight is 319 g/mol. The summed E-state index contributed by atoms with van der Waals surface area (Å²) in [5.41, 5.74) is 0.809. The van der Waals surface area contributed by atoms with Gasteiger partial charge in [0.2, 0.25) is 0 Å². The van der Waals surface area contributed by atoms with Crippen molar-refractivity contribution in [3.63, 3.8) is 0 Å². The molecule has 2 rings (SSSR count). The van der Waals surface area contributed by atoms with Gasteiger partial charge in [0.25, 0.3) is 5.91 Å². The highest BCUT2D eigenvalue weighted by Gasteiger charge is 2.24. The van der Waals surface area contributed by atoms with Gasteiger partial charge in [0, 0.05) is 6.08 Å². The number of carbonyl (C=O) groups excluding carboxylic acids is 2. The number of nitrogens with zero attached hydrogens (tertiary/aromatic N) is 2. The molecule has 1 aliphatic heterocycles. The molecule has 0 atom stereocenters. The van der Waals surface area contributed by atoms with E-state index in [1.807, 2.05) is 18.2 Å². The van der Waals surface area contributed by atoms with Crippen LogP contribution >= 0.6 is 11.8 Å². The van der Waals surface area contributed by atoms with E-state index in [1.54, 1.807) is 13.2 Å². The van der Waals surface area contributed by atoms with Gasteiger partial charge in [-0.05, 0) is 29.5 Å². The summed E-state index contributed by atoms with van der Waals surface area (Å²) in [6.07, 6.45) is 2.64. The van der Waals surface area contributed by atoms with Gasteiger partial charge in [-0.15, -0.1) is 5.10 Å². The van der Waals surface area contributed by atoms with Crippen LogP contribution in [0.3, 0.4) is 0 Å². The molecular weight excluding hydrogens is 306 g/mol. The van der Waals surface area contributed by atoms with E-state index in [1.165, 1.54) is 13.3 Å². The van der Waals surface area contributed by atoms with Crippen LogP contribution in [-0.4, -0.2) is 37.5 Å². The molecule has 7 nitrogen and oxygen atoms in total. The lowest BCUT2D eigenvalue weighted by atomic mass is 10.2. The first kappa shape index (κ1) is 15.8. The maximum atomic E-state index is 11.6. The zero-order chi connectivity index (χ0) is 15.9. The average Bonchev–Trinajstić information content (AvgIpc) is 2.87. The number of amidine groups is 1. The zero-order valence-electron chi connectivity index (χ0n) is 11.9. The monoisotopic (exact) mass is 319 g/mol. The molecule has 1 amide bonds. The minimum Gasteiger partial charge on any atom is -0.497 e. The van der Waals surface area contributed by atoms with Crippen LogP contribution in [0.5, 0.6) is 5.75 Å². The van der Waals surface area contributed by atoms with E-state index in [0.717, 1.165) is 23.4 Å². The second-order valence-corrected chi connectivity index (χ2v) is 5.04. The molecule has 22 heavy (non-hydrogen) atoms. The van der Waals surface area contributed by atoms with Crippen LogP contribution in [0.1, 0.15) is 5.56 Å². The maximum absolute atomic E-state index is 11.6. The summed E-state index contributed by atoms with van der Waals surface area (Å²) >= 11 is 1.02. The fourth-order valence-electron chi connectivity index (χ4n) is 1.51. The van der Waals surface area contributed by atoms with Crippen molar-refractivity contribution < 1.29 is 19.1 Å². The Labute approximate surface area is 131 Å². The summed E-state index contributed by atoms with van der Waals surface area (Å²) in [5.74, 6) is -0.298. The summed E-state index contributed by atoms with van der Waals surface area (Å²) in [6, 6.07) is 7.29. The molecule has 1 aromatic rings. The van der Waals surface area contributed by atoms with Gasteiger partial charge < -0.3 is 9.47 Å². The number of rotatable bonds is 4. The quantitative estimate of drug-likeness (QED) is 0.391. The van der Waals surface area contributed by atoms with E-state index in [9.17, 15) is 9.59 Å². The summed E-state index contributed by atoms with van der Waals surface area (Å²) in [7, 11) is 2.82. The van der Waals surface area contributed by atoms with Gasteiger partial charge in [0.1, 0.15) is 5.75 Å². The van der Waals surface area contributed by atoms with Crippen LogP contribution < -0.4 is 10.1 Å². The van der Waals surface area contributed by atoms with E-state index in [2.05, 4.69) is 20.3 Å². The molecule has 0 radical (unpaired) electrons. The van der Waals surface area contributed by atoms with E-state index in [0.29, 0.717) is 10.9 Å². The predicted molar refractivity (Wildman–Crippen MR) is 83.9 cm³/mol. The Hall–Kier alpha value is -2.61. The number of esters is 1.